The predicted octanol–water partition coefficient (Wildman–Crippen LogP) is 4.10. The lowest BCUT2D eigenvalue weighted by atomic mass is 9.96. The molecule has 0 spiro atoms. The van der Waals surface area contributed by atoms with Gasteiger partial charge in [-0.25, -0.2) is 0 Å². The Kier molecular flexibility index (Phi) is 5.88. The zero-order valence-electron chi connectivity index (χ0n) is 14.5. The van der Waals surface area contributed by atoms with Gasteiger partial charge in [0.25, 0.3) is 0 Å². The van der Waals surface area contributed by atoms with E-state index < -0.39 is 12.1 Å². The SMILES string of the molecule is N#Cc1c(NC(=O)CCN2CCCC(C(F)(F)F)C2)sc2c1CCCC2. The van der Waals surface area contributed by atoms with E-state index in [-0.39, 0.29) is 25.3 Å². The molecule has 1 amide bonds. The third kappa shape index (κ3) is 4.38. The van der Waals surface area contributed by atoms with E-state index in [9.17, 15) is 23.2 Å². The van der Waals surface area contributed by atoms with E-state index in [0.717, 1.165) is 31.2 Å². The van der Waals surface area contributed by atoms with Crippen molar-refractivity contribution in [1.29, 1.82) is 5.26 Å². The molecule has 1 fully saturated rings. The number of carbonyl (C=O) groups is 1. The number of likely N-dealkylation sites (tertiary alicyclic amines) is 1. The van der Waals surface area contributed by atoms with Gasteiger partial charge in [0, 0.05) is 24.4 Å². The third-order valence-corrected chi connectivity index (χ3v) is 6.37. The number of piperidine rings is 1. The van der Waals surface area contributed by atoms with Gasteiger partial charge in [-0.2, -0.15) is 18.4 Å². The highest BCUT2D eigenvalue weighted by Crippen LogP contribution is 2.37. The first-order valence-corrected chi connectivity index (χ1v) is 9.83. The molecule has 2 aliphatic rings. The number of nitrogens with one attached hydrogen (secondary N) is 1. The Labute approximate surface area is 155 Å². The topological polar surface area (TPSA) is 56.1 Å². The van der Waals surface area contributed by atoms with E-state index in [2.05, 4.69) is 11.4 Å². The van der Waals surface area contributed by atoms with Crippen LogP contribution in [0.2, 0.25) is 0 Å². The van der Waals surface area contributed by atoms with Crippen LogP contribution in [0.5, 0.6) is 0 Å². The van der Waals surface area contributed by atoms with Crippen LogP contribution in [-0.4, -0.2) is 36.6 Å². The molecule has 8 heteroatoms. The quantitative estimate of drug-likeness (QED) is 0.849. The molecule has 1 aromatic rings. The zero-order valence-corrected chi connectivity index (χ0v) is 15.3. The molecule has 2 heterocycles. The van der Waals surface area contributed by atoms with Crippen molar-refractivity contribution >= 4 is 22.2 Å². The summed E-state index contributed by atoms with van der Waals surface area (Å²) in [7, 11) is 0. The molecule has 1 aromatic heterocycles. The van der Waals surface area contributed by atoms with E-state index in [1.165, 1.54) is 16.2 Å². The van der Waals surface area contributed by atoms with Gasteiger partial charge in [0.1, 0.15) is 11.1 Å². The molecule has 0 radical (unpaired) electrons. The smallest absolute Gasteiger partial charge is 0.317 e. The van der Waals surface area contributed by atoms with Gasteiger partial charge in [0.15, 0.2) is 0 Å². The second kappa shape index (κ2) is 7.97. The molecule has 0 aromatic carbocycles. The van der Waals surface area contributed by atoms with Gasteiger partial charge in [-0.05, 0) is 50.6 Å². The largest absolute Gasteiger partial charge is 0.393 e. The van der Waals surface area contributed by atoms with Crippen molar-refractivity contribution in [3.63, 3.8) is 0 Å². The van der Waals surface area contributed by atoms with Crippen molar-refractivity contribution in [3.05, 3.63) is 16.0 Å². The third-order valence-electron chi connectivity index (χ3n) is 5.16. The second-order valence-corrected chi connectivity index (χ2v) is 8.11. The predicted molar refractivity (Wildman–Crippen MR) is 94.1 cm³/mol. The maximum absolute atomic E-state index is 12.9. The number of hydrogen-bond acceptors (Lipinski definition) is 4. The summed E-state index contributed by atoms with van der Waals surface area (Å²) in [5, 5.41) is 12.8. The van der Waals surface area contributed by atoms with E-state index in [1.807, 2.05) is 0 Å². The van der Waals surface area contributed by atoms with Crippen molar-refractivity contribution in [2.75, 3.05) is 25.0 Å². The molecule has 1 aliphatic heterocycles. The van der Waals surface area contributed by atoms with Gasteiger partial charge in [0.2, 0.25) is 5.91 Å². The van der Waals surface area contributed by atoms with Gasteiger partial charge in [-0.1, -0.05) is 0 Å². The molecular formula is C18H22F3N3OS. The first-order chi connectivity index (χ1) is 12.4. The van der Waals surface area contributed by atoms with Crippen LogP contribution in [0.4, 0.5) is 18.2 Å². The number of halogens is 3. The lowest BCUT2D eigenvalue weighted by molar-refractivity contribution is -0.186. The van der Waals surface area contributed by atoms with Crippen LogP contribution in [0.3, 0.4) is 0 Å². The van der Waals surface area contributed by atoms with E-state index in [1.54, 1.807) is 4.90 Å². The van der Waals surface area contributed by atoms with E-state index in [4.69, 9.17) is 0 Å². The van der Waals surface area contributed by atoms with Crippen LogP contribution in [0.25, 0.3) is 0 Å². The Hall–Kier alpha value is -1.59. The number of rotatable bonds is 4. The molecule has 1 N–H and O–H groups in total. The fourth-order valence-corrected chi connectivity index (χ4v) is 5.00. The molecule has 1 atom stereocenters. The monoisotopic (exact) mass is 385 g/mol. The molecule has 1 unspecified atom stereocenters. The van der Waals surface area contributed by atoms with Crippen molar-refractivity contribution in [2.45, 2.75) is 51.1 Å². The van der Waals surface area contributed by atoms with E-state index >= 15 is 0 Å². The number of nitriles is 1. The van der Waals surface area contributed by atoms with Crippen LogP contribution in [0.1, 0.15) is 48.1 Å². The summed E-state index contributed by atoms with van der Waals surface area (Å²) < 4.78 is 38.6. The minimum Gasteiger partial charge on any atom is -0.317 e. The van der Waals surface area contributed by atoms with Gasteiger partial charge in [-0.15, -0.1) is 11.3 Å². The summed E-state index contributed by atoms with van der Waals surface area (Å²) in [6.45, 7) is 0.871. The van der Waals surface area contributed by atoms with Gasteiger partial charge in [0.05, 0.1) is 11.5 Å². The number of aryl methyl sites for hydroxylation is 1. The Morgan fingerprint density at radius 2 is 2.08 bits per heavy atom. The van der Waals surface area contributed by atoms with Crippen molar-refractivity contribution in [3.8, 4) is 6.07 Å². The van der Waals surface area contributed by atoms with Gasteiger partial charge >= 0.3 is 6.18 Å². The fourth-order valence-electron chi connectivity index (χ4n) is 3.75. The lowest BCUT2D eigenvalue weighted by Gasteiger charge is -2.33. The molecule has 3 rings (SSSR count). The van der Waals surface area contributed by atoms with E-state index in [0.29, 0.717) is 30.1 Å². The molecule has 26 heavy (non-hydrogen) atoms. The molecular weight excluding hydrogens is 363 g/mol. The summed E-state index contributed by atoms with van der Waals surface area (Å²) in [4.78, 5) is 15.1. The molecule has 1 saturated heterocycles. The number of fused-ring (bicyclic) bond motifs is 1. The minimum absolute atomic E-state index is 0.0342. The molecule has 0 saturated carbocycles. The Balaban J connectivity index is 1.55. The number of hydrogen-bond donors (Lipinski definition) is 1. The highest BCUT2D eigenvalue weighted by atomic mass is 32.1. The first-order valence-electron chi connectivity index (χ1n) is 9.02. The molecule has 4 nitrogen and oxygen atoms in total. The Morgan fingerprint density at radius 3 is 2.81 bits per heavy atom. The van der Waals surface area contributed by atoms with Gasteiger partial charge in [-0.3, -0.25) is 4.79 Å². The Bertz CT molecular complexity index is 708. The zero-order chi connectivity index (χ0) is 18.7. The lowest BCUT2D eigenvalue weighted by Crippen LogP contribution is -2.42. The number of thiophene rings is 1. The number of amides is 1. The highest BCUT2D eigenvalue weighted by Gasteiger charge is 2.41. The number of alkyl halides is 3. The average Bonchev–Trinajstić information content (AvgIpc) is 2.96. The summed E-state index contributed by atoms with van der Waals surface area (Å²) in [6, 6.07) is 2.20. The van der Waals surface area contributed by atoms with Crippen molar-refractivity contribution < 1.29 is 18.0 Å². The average molecular weight is 385 g/mol. The summed E-state index contributed by atoms with van der Waals surface area (Å²) in [6.07, 6.45) is 0.605. The molecule has 0 bridgehead atoms. The van der Waals surface area contributed by atoms with Crippen LogP contribution in [0.15, 0.2) is 0 Å². The minimum atomic E-state index is -4.17. The molecule has 1 aliphatic carbocycles. The van der Waals surface area contributed by atoms with Crippen LogP contribution in [0, 0.1) is 17.2 Å². The molecule has 142 valence electrons. The maximum Gasteiger partial charge on any atom is 0.393 e. The van der Waals surface area contributed by atoms with Crippen LogP contribution >= 0.6 is 11.3 Å². The standard InChI is InChI=1S/C18H22F3N3OS/c19-18(20,21)12-4-3-8-24(11-12)9-7-16(25)23-17-14(10-22)13-5-1-2-6-15(13)26-17/h12H,1-9,11H2,(H,23,25). The normalized spacial score (nSPS) is 21.1. The fraction of sp³-hybridized carbons (Fsp3) is 0.667. The summed E-state index contributed by atoms with van der Waals surface area (Å²) in [5.41, 5.74) is 1.62. The first kappa shape index (κ1) is 19.2. The highest BCUT2D eigenvalue weighted by molar-refractivity contribution is 7.16. The number of nitrogens with zero attached hydrogens (tertiary/aromatic N) is 2. The van der Waals surface area contributed by atoms with Crippen molar-refractivity contribution in [1.82, 2.24) is 4.90 Å². The Morgan fingerprint density at radius 1 is 1.31 bits per heavy atom. The summed E-state index contributed by atoms with van der Waals surface area (Å²) in [5.74, 6) is -1.54. The summed E-state index contributed by atoms with van der Waals surface area (Å²) >= 11 is 1.46. The number of anilines is 1. The maximum atomic E-state index is 12.9. The van der Waals surface area contributed by atoms with Crippen molar-refractivity contribution in [2.24, 2.45) is 5.92 Å². The second-order valence-electron chi connectivity index (χ2n) is 7.01. The van der Waals surface area contributed by atoms with Crippen LogP contribution < -0.4 is 5.32 Å². The number of carbonyl (C=O) groups excluding carboxylic acids is 1. The van der Waals surface area contributed by atoms with Gasteiger partial charge < -0.3 is 10.2 Å². The van der Waals surface area contributed by atoms with Crippen LogP contribution in [-0.2, 0) is 17.6 Å².